The number of anilines is 4. The molecule has 0 aliphatic rings. The fourth-order valence-corrected chi connectivity index (χ4v) is 7.75. The van der Waals surface area contributed by atoms with Crippen molar-refractivity contribution in [3.05, 3.63) is 129 Å². The maximum Gasteiger partial charge on any atom is 0.258 e. The van der Waals surface area contributed by atoms with Gasteiger partial charge in [-0.15, -0.1) is 34.8 Å². The zero-order valence-electron chi connectivity index (χ0n) is 37.5. The second-order valence-electron chi connectivity index (χ2n) is 14.7. The highest BCUT2D eigenvalue weighted by Crippen LogP contribution is 2.32. The SMILES string of the molecule is CCOc1cccc(NC(=O)c2cc(Cl)cc(N=NC(C(C)=O)C(=O)Nc3ccc(NC(=O)C(N=Nc4cc(Cl)cc(C(=O)Nc5cccc(OCC)c5CCl)c4)C(C)=O)c(CCCl)c3)c2)c1CCl. The Balaban J connectivity index is 1.28. The van der Waals surface area contributed by atoms with Crippen LogP contribution in [0.1, 0.15) is 65.1 Å². The number of amides is 4. The number of Topliss-reactive ketones (excluding diaryl/α,β-unsaturated/α-hetero) is 2. The number of carbonyl (C=O) groups is 6. The van der Waals surface area contributed by atoms with Crippen molar-refractivity contribution in [2.24, 2.45) is 20.5 Å². The van der Waals surface area contributed by atoms with E-state index in [2.05, 4.69) is 41.7 Å². The molecule has 0 fully saturated rings. The quantitative estimate of drug-likeness (QED) is 0.0296. The minimum atomic E-state index is -1.62. The number of halogens is 5. The summed E-state index contributed by atoms with van der Waals surface area (Å²) in [5.41, 5.74) is 3.34. The van der Waals surface area contributed by atoms with Crippen LogP contribution in [0.25, 0.3) is 0 Å². The molecule has 5 rings (SSSR count). The largest absolute Gasteiger partial charge is 0.493 e. The van der Waals surface area contributed by atoms with Gasteiger partial charge < -0.3 is 30.7 Å². The van der Waals surface area contributed by atoms with Crippen LogP contribution in [0.3, 0.4) is 0 Å². The Labute approximate surface area is 422 Å². The first-order valence-corrected chi connectivity index (χ1v) is 23.4. The maximum absolute atomic E-state index is 13.5. The average molecular weight is 1040 g/mol. The fraction of sp³-hybridized carbons (Fsp3) is 0.250. The molecule has 0 saturated carbocycles. The van der Waals surface area contributed by atoms with Crippen LogP contribution in [0.5, 0.6) is 11.5 Å². The molecule has 0 aliphatic carbocycles. The number of ketones is 2. The highest BCUT2D eigenvalue weighted by Gasteiger charge is 2.26. The first kappa shape index (κ1) is 53.5. The van der Waals surface area contributed by atoms with Crippen molar-refractivity contribution in [2.75, 3.05) is 40.4 Å². The lowest BCUT2D eigenvalue weighted by Gasteiger charge is -2.16. The third kappa shape index (κ3) is 14.8. The van der Waals surface area contributed by atoms with Gasteiger partial charge in [-0.05, 0) is 119 Å². The number of nitrogens with one attached hydrogen (secondary N) is 4. The Kier molecular flexibility index (Phi) is 20.0. The van der Waals surface area contributed by atoms with Gasteiger partial charge in [-0.1, -0.05) is 35.3 Å². The second-order valence-corrected chi connectivity index (χ2v) is 16.5. The molecule has 360 valence electrons. The van der Waals surface area contributed by atoms with Crippen LogP contribution in [0.4, 0.5) is 34.1 Å². The molecule has 4 amide bonds. The second kappa shape index (κ2) is 25.8. The Morgan fingerprint density at radius 3 is 1.45 bits per heavy atom. The van der Waals surface area contributed by atoms with Crippen molar-refractivity contribution in [2.45, 2.75) is 58.0 Å². The fourth-order valence-electron chi connectivity index (χ4n) is 6.54. The van der Waals surface area contributed by atoms with E-state index in [1.165, 1.54) is 54.6 Å². The van der Waals surface area contributed by atoms with Gasteiger partial charge in [0.15, 0.2) is 11.6 Å². The molecule has 2 atom stereocenters. The van der Waals surface area contributed by atoms with Gasteiger partial charge in [-0.3, -0.25) is 28.8 Å². The lowest BCUT2D eigenvalue weighted by atomic mass is 10.1. The van der Waals surface area contributed by atoms with Gasteiger partial charge in [-0.25, -0.2) is 0 Å². The van der Waals surface area contributed by atoms with Crippen LogP contribution in [-0.2, 0) is 37.4 Å². The molecular formula is C48H45Cl5N8O8. The normalized spacial score (nSPS) is 12.0. The number of benzene rings is 5. The number of nitrogens with zero attached hydrogens (tertiary/aromatic N) is 4. The van der Waals surface area contributed by atoms with E-state index in [1.807, 2.05) is 13.8 Å². The Bertz CT molecular complexity index is 2810. The summed E-state index contributed by atoms with van der Waals surface area (Å²) in [5, 5.41) is 27.3. The highest BCUT2D eigenvalue weighted by atomic mass is 35.5. The molecule has 0 aromatic heterocycles. The summed E-state index contributed by atoms with van der Waals surface area (Å²) in [4.78, 5) is 79.1. The molecule has 21 heteroatoms. The molecule has 2 unspecified atom stereocenters. The van der Waals surface area contributed by atoms with Crippen molar-refractivity contribution in [1.29, 1.82) is 0 Å². The van der Waals surface area contributed by atoms with Crippen LogP contribution in [0.15, 0.2) is 111 Å². The zero-order valence-corrected chi connectivity index (χ0v) is 41.3. The van der Waals surface area contributed by atoms with Crippen molar-refractivity contribution in [3.63, 3.8) is 0 Å². The Hall–Kier alpha value is -6.43. The molecule has 0 spiro atoms. The van der Waals surface area contributed by atoms with E-state index in [-0.39, 0.29) is 68.0 Å². The van der Waals surface area contributed by atoms with Crippen molar-refractivity contribution >= 4 is 127 Å². The minimum Gasteiger partial charge on any atom is -0.493 e. The van der Waals surface area contributed by atoms with E-state index >= 15 is 0 Å². The molecule has 0 aliphatic heterocycles. The third-order valence-electron chi connectivity index (χ3n) is 9.76. The van der Waals surface area contributed by atoms with E-state index in [4.69, 9.17) is 67.5 Å². The number of azo groups is 2. The summed E-state index contributed by atoms with van der Waals surface area (Å²) in [6, 6.07) is 19.9. The molecule has 69 heavy (non-hydrogen) atoms. The Morgan fingerprint density at radius 2 is 1.03 bits per heavy atom. The average Bonchev–Trinajstić information content (AvgIpc) is 3.30. The minimum absolute atomic E-state index is 0.0717. The van der Waals surface area contributed by atoms with Crippen LogP contribution < -0.4 is 30.7 Å². The van der Waals surface area contributed by atoms with E-state index in [9.17, 15) is 28.8 Å². The molecule has 4 N–H and O–H groups in total. The van der Waals surface area contributed by atoms with Gasteiger partial charge in [0.2, 0.25) is 12.1 Å². The van der Waals surface area contributed by atoms with Crippen molar-refractivity contribution < 1.29 is 38.2 Å². The van der Waals surface area contributed by atoms with Gasteiger partial charge in [0.05, 0.1) is 36.3 Å². The van der Waals surface area contributed by atoms with E-state index in [1.54, 1.807) is 36.4 Å². The van der Waals surface area contributed by atoms with Gasteiger partial charge in [0.1, 0.15) is 11.5 Å². The summed E-state index contributed by atoms with van der Waals surface area (Å²) in [7, 11) is 0. The van der Waals surface area contributed by atoms with Gasteiger partial charge in [0.25, 0.3) is 23.6 Å². The van der Waals surface area contributed by atoms with Gasteiger partial charge in [-0.2, -0.15) is 20.5 Å². The monoisotopic (exact) mass is 1040 g/mol. The number of rotatable bonds is 22. The van der Waals surface area contributed by atoms with E-state index < -0.39 is 47.3 Å². The number of hydrogen-bond acceptors (Lipinski definition) is 12. The molecule has 5 aromatic rings. The first-order valence-electron chi connectivity index (χ1n) is 21.1. The lowest BCUT2D eigenvalue weighted by Crippen LogP contribution is -2.32. The van der Waals surface area contributed by atoms with E-state index in [0.29, 0.717) is 52.8 Å². The molecular weight excluding hydrogens is 994 g/mol. The lowest BCUT2D eigenvalue weighted by molar-refractivity contribution is -0.127. The molecule has 0 heterocycles. The zero-order chi connectivity index (χ0) is 50.2. The smallest absolute Gasteiger partial charge is 0.258 e. The Morgan fingerprint density at radius 1 is 0.565 bits per heavy atom. The topological polar surface area (TPSA) is 218 Å². The molecule has 0 saturated heterocycles. The third-order valence-corrected chi connectivity index (χ3v) is 10.9. The van der Waals surface area contributed by atoms with Crippen LogP contribution in [-0.4, -0.2) is 66.4 Å². The standard InChI is InChI=1S/C48H45Cl5N8O8/c1-5-68-41-11-7-9-39(36(41)24-50)56-45(64)29-17-31(52)22-34(20-29)58-60-43(26(3)62)47(66)54-33-13-14-38(28(19-33)15-16-49)55-48(67)44(27(4)63)61-59-35-21-30(18-32(53)23-35)46(65)57-40-10-8-12-42(69-6-2)37(40)25-51/h7-14,17-23,43-44H,5-6,15-16,24-25H2,1-4H3,(H,54,66)(H,55,67)(H,56,64)(H,57,65). The van der Waals surface area contributed by atoms with Gasteiger partial charge >= 0.3 is 0 Å². The van der Waals surface area contributed by atoms with Crippen LogP contribution in [0, 0.1) is 0 Å². The molecule has 16 nitrogen and oxygen atoms in total. The van der Waals surface area contributed by atoms with Gasteiger partial charge in [0, 0.05) is 60.9 Å². The van der Waals surface area contributed by atoms with Crippen molar-refractivity contribution in [3.8, 4) is 11.5 Å². The number of ether oxygens (including phenoxy) is 2. The molecule has 5 aromatic carbocycles. The van der Waals surface area contributed by atoms with E-state index in [0.717, 1.165) is 13.8 Å². The van der Waals surface area contributed by atoms with Crippen molar-refractivity contribution in [1.82, 2.24) is 0 Å². The maximum atomic E-state index is 13.5. The molecule has 0 bridgehead atoms. The molecule has 0 radical (unpaired) electrons. The highest BCUT2D eigenvalue weighted by molar-refractivity contribution is 6.32. The first-order chi connectivity index (χ1) is 33.1. The number of aryl methyl sites for hydroxylation is 1. The summed E-state index contributed by atoms with van der Waals surface area (Å²) >= 11 is 31.1. The van der Waals surface area contributed by atoms with Crippen LogP contribution in [0.2, 0.25) is 10.0 Å². The van der Waals surface area contributed by atoms with Crippen LogP contribution >= 0.6 is 58.0 Å². The summed E-state index contributed by atoms with van der Waals surface area (Å²) < 4.78 is 11.3. The summed E-state index contributed by atoms with van der Waals surface area (Å²) in [6.45, 7) is 6.77. The number of alkyl halides is 3. The number of carbonyl (C=O) groups excluding carboxylic acids is 6. The summed E-state index contributed by atoms with van der Waals surface area (Å²) in [5.74, 6) is -2.75. The predicted octanol–water partition coefficient (Wildman–Crippen LogP) is 11.9. The predicted molar refractivity (Wildman–Crippen MR) is 269 cm³/mol. The number of hydrogen-bond donors (Lipinski definition) is 4. The summed E-state index contributed by atoms with van der Waals surface area (Å²) in [6.07, 6.45) is 0.203.